The van der Waals surface area contributed by atoms with Gasteiger partial charge in [0.25, 0.3) is 5.91 Å². The standard InChI is InChI=1S/C14H18ClNO4/c1-3-9(2)13(14(18)19)16-12(17)8-20-11-6-4-10(15)5-7-11/h4-7,9,13H,3,8H2,1-2H3,(H,16,17)(H,18,19)/t9-,13-/m0/s1. The van der Waals surface area contributed by atoms with Crippen molar-refractivity contribution in [3.63, 3.8) is 0 Å². The van der Waals surface area contributed by atoms with E-state index in [0.29, 0.717) is 17.2 Å². The summed E-state index contributed by atoms with van der Waals surface area (Å²) in [6.45, 7) is 3.41. The highest BCUT2D eigenvalue weighted by Crippen LogP contribution is 2.15. The van der Waals surface area contributed by atoms with E-state index in [1.54, 1.807) is 31.2 Å². The fraction of sp³-hybridized carbons (Fsp3) is 0.429. The number of hydrogen-bond acceptors (Lipinski definition) is 3. The Kier molecular flexibility index (Phi) is 6.31. The molecule has 0 unspecified atom stereocenters. The van der Waals surface area contributed by atoms with Gasteiger partial charge in [0.15, 0.2) is 6.61 Å². The van der Waals surface area contributed by atoms with Crippen LogP contribution in [0.3, 0.4) is 0 Å². The molecule has 0 radical (unpaired) electrons. The van der Waals surface area contributed by atoms with E-state index in [2.05, 4.69) is 5.32 Å². The number of nitrogens with one attached hydrogen (secondary N) is 1. The summed E-state index contributed by atoms with van der Waals surface area (Å²) < 4.78 is 5.25. The van der Waals surface area contributed by atoms with Gasteiger partial charge in [0.2, 0.25) is 0 Å². The molecule has 20 heavy (non-hydrogen) atoms. The first-order valence-corrected chi connectivity index (χ1v) is 6.72. The van der Waals surface area contributed by atoms with Crippen LogP contribution in [-0.4, -0.2) is 29.6 Å². The van der Waals surface area contributed by atoms with Gasteiger partial charge in [-0.25, -0.2) is 4.79 Å². The lowest BCUT2D eigenvalue weighted by atomic mass is 9.99. The van der Waals surface area contributed by atoms with Crippen molar-refractivity contribution in [2.24, 2.45) is 5.92 Å². The molecule has 0 bridgehead atoms. The Hall–Kier alpha value is -1.75. The second-order valence-corrected chi connectivity index (χ2v) is 4.95. The van der Waals surface area contributed by atoms with Gasteiger partial charge in [-0.15, -0.1) is 0 Å². The Morgan fingerprint density at radius 3 is 2.45 bits per heavy atom. The van der Waals surface area contributed by atoms with Gasteiger partial charge in [0.05, 0.1) is 0 Å². The number of amides is 1. The molecule has 0 fully saturated rings. The van der Waals surface area contributed by atoms with E-state index in [0.717, 1.165) is 0 Å². The predicted molar refractivity (Wildman–Crippen MR) is 76.0 cm³/mol. The van der Waals surface area contributed by atoms with Crippen LogP contribution in [0.4, 0.5) is 0 Å². The third-order valence-electron chi connectivity index (χ3n) is 2.98. The van der Waals surface area contributed by atoms with Crippen LogP contribution in [0.1, 0.15) is 20.3 Å². The van der Waals surface area contributed by atoms with Crippen LogP contribution in [-0.2, 0) is 9.59 Å². The van der Waals surface area contributed by atoms with Crippen LogP contribution in [0.2, 0.25) is 5.02 Å². The Morgan fingerprint density at radius 1 is 1.35 bits per heavy atom. The van der Waals surface area contributed by atoms with Gasteiger partial charge in [-0.05, 0) is 30.2 Å². The molecule has 5 nitrogen and oxygen atoms in total. The molecule has 1 aromatic rings. The van der Waals surface area contributed by atoms with Crippen molar-refractivity contribution < 1.29 is 19.4 Å². The molecule has 0 saturated carbocycles. The van der Waals surface area contributed by atoms with E-state index >= 15 is 0 Å². The minimum absolute atomic E-state index is 0.146. The van der Waals surface area contributed by atoms with Crippen molar-refractivity contribution in [2.45, 2.75) is 26.3 Å². The number of hydrogen-bond donors (Lipinski definition) is 2. The first-order chi connectivity index (χ1) is 9.43. The van der Waals surface area contributed by atoms with E-state index in [4.69, 9.17) is 21.4 Å². The number of carboxylic acids is 1. The molecule has 1 amide bonds. The Morgan fingerprint density at radius 2 is 1.95 bits per heavy atom. The van der Waals surface area contributed by atoms with Gasteiger partial charge in [-0.2, -0.15) is 0 Å². The van der Waals surface area contributed by atoms with Crippen LogP contribution in [0.25, 0.3) is 0 Å². The fourth-order valence-corrected chi connectivity index (χ4v) is 1.70. The summed E-state index contributed by atoms with van der Waals surface area (Å²) in [6, 6.07) is 5.67. The minimum atomic E-state index is -1.04. The lowest BCUT2D eigenvalue weighted by Gasteiger charge is -2.20. The molecule has 2 atom stereocenters. The maximum Gasteiger partial charge on any atom is 0.326 e. The van der Waals surface area contributed by atoms with E-state index in [-0.39, 0.29) is 12.5 Å². The molecule has 0 aliphatic rings. The fourth-order valence-electron chi connectivity index (χ4n) is 1.58. The summed E-state index contributed by atoms with van der Waals surface area (Å²) in [7, 11) is 0. The Labute approximate surface area is 122 Å². The zero-order valence-corrected chi connectivity index (χ0v) is 12.2. The zero-order valence-electron chi connectivity index (χ0n) is 11.4. The van der Waals surface area contributed by atoms with Crippen LogP contribution in [0.15, 0.2) is 24.3 Å². The van der Waals surface area contributed by atoms with Gasteiger partial charge < -0.3 is 15.2 Å². The Bertz CT molecular complexity index is 461. The average molecular weight is 300 g/mol. The number of benzene rings is 1. The maximum absolute atomic E-state index is 11.7. The normalized spacial score (nSPS) is 13.3. The second kappa shape index (κ2) is 7.75. The number of halogens is 1. The number of carbonyl (C=O) groups excluding carboxylic acids is 1. The zero-order chi connectivity index (χ0) is 15.1. The summed E-state index contributed by atoms with van der Waals surface area (Å²) in [5.41, 5.74) is 0. The van der Waals surface area contributed by atoms with Gasteiger partial charge in [-0.3, -0.25) is 4.79 Å². The molecular weight excluding hydrogens is 282 g/mol. The van der Waals surface area contributed by atoms with E-state index in [9.17, 15) is 9.59 Å². The topological polar surface area (TPSA) is 75.6 Å². The number of carboxylic acid groups (broad SMARTS) is 1. The van der Waals surface area contributed by atoms with Gasteiger partial charge in [0, 0.05) is 5.02 Å². The number of carbonyl (C=O) groups is 2. The molecule has 0 spiro atoms. The van der Waals surface area contributed by atoms with Gasteiger partial charge in [-0.1, -0.05) is 31.9 Å². The third kappa shape index (κ3) is 5.09. The van der Waals surface area contributed by atoms with Crippen LogP contribution in [0.5, 0.6) is 5.75 Å². The van der Waals surface area contributed by atoms with Crippen LogP contribution >= 0.6 is 11.6 Å². The highest BCUT2D eigenvalue weighted by molar-refractivity contribution is 6.30. The van der Waals surface area contributed by atoms with Gasteiger partial charge >= 0.3 is 5.97 Å². The molecule has 0 heterocycles. The monoisotopic (exact) mass is 299 g/mol. The molecule has 1 aromatic carbocycles. The summed E-state index contributed by atoms with van der Waals surface area (Å²) in [5.74, 6) is -1.15. The summed E-state index contributed by atoms with van der Waals surface area (Å²) >= 11 is 5.73. The van der Waals surface area contributed by atoms with Crippen molar-refractivity contribution in [1.82, 2.24) is 5.32 Å². The quantitative estimate of drug-likeness (QED) is 0.810. The second-order valence-electron chi connectivity index (χ2n) is 4.51. The molecule has 0 saturated heterocycles. The Balaban J connectivity index is 2.49. The number of rotatable bonds is 7. The van der Waals surface area contributed by atoms with Crippen molar-refractivity contribution in [3.8, 4) is 5.75 Å². The van der Waals surface area contributed by atoms with Crippen molar-refractivity contribution in [2.75, 3.05) is 6.61 Å². The van der Waals surface area contributed by atoms with Crippen molar-refractivity contribution in [1.29, 1.82) is 0 Å². The van der Waals surface area contributed by atoms with E-state index < -0.39 is 17.9 Å². The van der Waals surface area contributed by atoms with Gasteiger partial charge in [0.1, 0.15) is 11.8 Å². The maximum atomic E-state index is 11.7. The molecule has 2 N–H and O–H groups in total. The first-order valence-electron chi connectivity index (χ1n) is 6.34. The molecular formula is C14H18ClNO4. The molecule has 1 rings (SSSR count). The summed E-state index contributed by atoms with van der Waals surface area (Å²) in [5, 5.41) is 12.1. The highest BCUT2D eigenvalue weighted by Gasteiger charge is 2.25. The smallest absolute Gasteiger partial charge is 0.326 e. The average Bonchev–Trinajstić information content (AvgIpc) is 2.43. The largest absolute Gasteiger partial charge is 0.484 e. The van der Waals surface area contributed by atoms with Crippen molar-refractivity contribution >= 4 is 23.5 Å². The summed E-state index contributed by atoms with van der Waals surface area (Å²) in [4.78, 5) is 22.8. The SMILES string of the molecule is CC[C@H](C)[C@H](NC(=O)COc1ccc(Cl)cc1)C(=O)O. The third-order valence-corrected chi connectivity index (χ3v) is 3.23. The van der Waals surface area contributed by atoms with Crippen LogP contribution in [0, 0.1) is 5.92 Å². The summed E-state index contributed by atoms with van der Waals surface area (Å²) in [6.07, 6.45) is 0.662. The van der Waals surface area contributed by atoms with E-state index in [1.807, 2.05) is 6.92 Å². The number of aliphatic carboxylic acids is 1. The highest BCUT2D eigenvalue weighted by atomic mass is 35.5. The predicted octanol–water partition coefficient (Wildman–Crippen LogP) is 2.33. The molecule has 0 aliphatic heterocycles. The molecule has 0 aromatic heterocycles. The molecule has 110 valence electrons. The van der Waals surface area contributed by atoms with E-state index in [1.165, 1.54) is 0 Å². The lowest BCUT2D eigenvalue weighted by molar-refractivity contribution is -0.143. The van der Waals surface area contributed by atoms with Crippen molar-refractivity contribution in [3.05, 3.63) is 29.3 Å². The molecule has 6 heteroatoms. The number of ether oxygens (including phenoxy) is 1. The minimum Gasteiger partial charge on any atom is -0.484 e. The van der Waals surface area contributed by atoms with Crippen LogP contribution < -0.4 is 10.1 Å². The molecule has 0 aliphatic carbocycles. The lowest BCUT2D eigenvalue weighted by Crippen LogP contribution is -2.46. The first kappa shape index (κ1) is 16.3.